The fourth-order valence-electron chi connectivity index (χ4n) is 3.09. The standard InChI is InChI=1S/C21H23ClN4O2S2/c22-16-3-1-15(2-4-16)14-23-20(29)25-21-24-18-6-5-17(13-19(18)30-21)28-12-9-26-7-10-27-11-8-26/h1-6,13H,7-12,14H2,(H2,23,24,25,29). The molecule has 1 aliphatic heterocycles. The Morgan fingerprint density at radius 3 is 2.80 bits per heavy atom. The fraction of sp³-hybridized carbons (Fsp3) is 0.333. The summed E-state index contributed by atoms with van der Waals surface area (Å²) in [4.78, 5) is 6.95. The molecule has 0 aliphatic carbocycles. The number of aromatic nitrogens is 1. The molecule has 0 atom stereocenters. The lowest BCUT2D eigenvalue weighted by atomic mass is 10.2. The molecular formula is C21H23ClN4O2S2. The van der Waals surface area contributed by atoms with Crippen LogP contribution in [0.2, 0.25) is 5.02 Å². The lowest BCUT2D eigenvalue weighted by molar-refractivity contribution is 0.0322. The highest BCUT2D eigenvalue weighted by Gasteiger charge is 2.11. The number of hydrogen-bond acceptors (Lipinski definition) is 6. The summed E-state index contributed by atoms with van der Waals surface area (Å²) in [5.74, 6) is 0.856. The van der Waals surface area contributed by atoms with Gasteiger partial charge in [0.25, 0.3) is 0 Å². The van der Waals surface area contributed by atoms with Crippen LogP contribution in [0, 0.1) is 0 Å². The molecule has 0 spiro atoms. The first-order valence-corrected chi connectivity index (χ1v) is 11.4. The Morgan fingerprint density at radius 1 is 1.20 bits per heavy atom. The topological polar surface area (TPSA) is 58.7 Å². The lowest BCUT2D eigenvalue weighted by Crippen LogP contribution is -2.38. The van der Waals surface area contributed by atoms with Gasteiger partial charge in [0.2, 0.25) is 0 Å². The van der Waals surface area contributed by atoms with E-state index in [0.29, 0.717) is 18.3 Å². The number of benzene rings is 2. The highest BCUT2D eigenvalue weighted by Crippen LogP contribution is 2.29. The Bertz CT molecular complexity index is 990. The van der Waals surface area contributed by atoms with Crippen molar-refractivity contribution < 1.29 is 9.47 Å². The predicted molar refractivity (Wildman–Crippen MR) is 127 cm³/mol. The first kappa shape index (κ1) is 21.3. The Hall–Kier alpha value is -1.97. The van der Waals surface area contributed by atoms with Crippen molar-refractivity contribution >= 4 is 55.6 Å². The van der Waals surface area contributed by atoms with E-state index in [1.165, 1.54) is 0 Å². The SMILES string of the molecule is S=C(NCc1ccc(Cl)cc1)Nc1nc2ccc(OCCN3CCOCC3)cc2s1. The Kier molecular flexibility index (Phi) is 7.35. The van der Waals surface area contributed by atoms with Gasteiger partial charge in [-0.05, 0) is 48.1 Å². The van der Waals surface area contributed by atoms with Crippen molar-refractivity contribution in [3.8, 4) is 5.75 Å². The molecule has 0 saturated carbocycles. The number of morpholine rings is 1. The molecule has 158 valence electrons. The molecule has 0 unspecified atom stereocenters. The van der Waals surface area contributed by atoms with E-state index in [1.807, 2.05) is 42.5 Å². The van der Waals surface area contributed by atoms with Crippen LogP contribution >= 0.6 is 35.2 Å². The van der Waals surface area contributed by atoms with Crippen LogP contribution in [0.25, 0.3) is 10.2 Å². The number of rotatable bonds is 7. The maximum absolute atomic E-state index is 5.93. The van der Waals surface area contributed by atoms with Crippen molar-refractivity contribution in [1.29, 1.82) is 0 Å². The van der Waals surface area contributed by atoms with Crippen LogP contribution in [-0.4, -0.2) is 54.5 Å². The number of halogens is 1. The number of nitrogens with one attached hydrogen (secondary N) is 2. The summed E-state index contributed by atoms with van der Waals surface area (Å²) >= 11 is 12.9. The molecule has 9 heteroatoms. The van der Waals surface area contributed by atoms with E-state index in [9.17, 15) is 0 Å². The molecule has 2 heterocycles. The third kappa shape index (κ3) is 6.02. The third-order valence-electron chi connectivity index (χ3n) is 4.73. The maximum atomic E-state index is 5.93. The average molecular weight is 463 g/mol. The fourth-order valence-corrected chi connectivity index (χ4v) is 4.35. The number of thiocarbonyl (C=S) groups is 1. The van der Waals surface area contributed by atoms with E-state index in [-0.39, 0.29) is 0 Å². The average Bonchev–Trinajstić information content (AvgIpc) is 3.15. The summed E-state index contributed by atoms with van der Waals surface area (Å²) in [7, 11) is 0. The molecule has 0 amide bonds. The van der Waals surface area contributed by atoms with Gasteiger partial charge in [0, 0.05) is 31.2 Å². The Morgan fingerprint density at radius 2 is 2.00 bits per heavy atom. The smallest absolute Gasteiger partial charge is 0.190 e. The van der Waals surface area contributed by atoms with E-state index in [2.05, 4.69) is 20.5 Å². The number of hydrogen-bond donors (Lipinski definition) is 2. The third-order valence-corrected chi connectivity index (χ3v) is 6.16. The second-order valence-corrected chi connectivity index (χ2v) is 8.76. The quantitative estimate of drug-likeness (QED) is 0.511. The van der Waals surface area contributed by atoms with Crippen molar-refractivity contribution in [3.05, 3.63) is 53.1 Å². The van der Waals surface area contributed by atoms with Gasteiger partial charge in [-0.25, -0.2) is 4.98 Å². The zero-order valence-corrected chi connectivity index (χ0v) is 18.8. The monoisotopic (exact) mass is 462 g/mol. The van der Waals surface area contributed by atoms with E-state index >= 15 is 0 Å². The van der Waals surface area contributed by atoms with Gasteiger partial charge in [-0.15, -0.1) is 0 Å². The van der Waals surface area contributed by atoms with Gasteiger partial charge in [0.05, 0.1) is 23.4 Å². The van der Waals surface area contributed by atoms with Crippen molar-refractivity contribution in [2.75, 3.05) is 44.8 Å². The van der Waals surface area contributed by atoms with Crippen LogP contribution in [0.3, 0.4) is 0 Å². The van der Waals surface area contributed by atoms with Gasteiger partial charge in [-0.1, -0.05) is 35.1 Å². The van der Waals surface area contributed by atoms with Gasteiger partial charge in [0.1, 0.15) is 12.4 Å². The normalized spacial score (nSPS) is 14.6. The van der Waals surface area contributed by atoms with E-state index in [1.54, 1.807) is 11.3 Å². The Labute approximate surface area is 190 Å². The second-order valence-electron chi connectivity index (χ2n) is 6.89. The van der Waals surface area contributed by atoms with E-state index < -0.39 is 0 Å². The summed E-state index contributed by atoms with van der Waals surface area (Å²) in [5, 5.41) is 8.36. The molecule has 2 aromatic carbocycles. The van der Waals surface area contributed by atoms with Crippen molar-refractivity contribution in [1.82, 2.24) is 15.2 Å². The van der Waals surface area contributed by atoms with Gasteiger partial charge >= 0.3 is 0 Å². The Balaban J connectivity index is 1.28. The van der Waals surface area contributed by atoms with Gasteiger partial charge in [-0.2, -0.15) is 0 Å². The summed E-state index contributed by atoms with van der Waals surface area (Å²) in [6, 6.07) is 13.6. The number of anilines is 1. The van der Waals surface area contributed by atoms with E-state index in [0.717, 1.165) is 64.5 Å². The maximum Gasteiger partial charge on any atom is 0.190 e. The molecule has 1 fully saturated rings. The largest absolute Gasteiger partial charge is 0.492 e. The molecule has 1 saturated heterocycles. The molecule has 2 N–H and O–H groups in total. The van der Waals surface area contributed by atoms with Crippen LogP contribution < -0.4 is 15.4 Å². The summed E-state index contributed by atoms with van der Waals surface area (Å²) in [5.41, 5.74) is 2.02. The molecule has 3 aromatic rings. The molecule has 1 aromatic heterocycles. The van der Waals surface area contributed by atoms with Gasteiger partial charge < -0.3 is 20.1 Å². The van der Waals surface area contributed by atoms with E-state index in [4.69, 9.17) is 33.3 Å². The highest BCUT2D eigenvalue weighted by molar-refractivity contribution is 7.80. The molecule has 1 aliphatic rings. The second kappa shape index (κ2) is 10.4. The summed E-state index contributed by atoms with van der Waals surface area (Å²) in [6.45, 7) is 5.74. The minimum atomic E-state index is 0.533. The zero-order valence-electron chi connectivity index (χ0n) is 16.4. The van der Waals surface area contributed by atoms with Gasteiger partial charge in [-0.3, -0.25) is 4.90 Å². The van der Waals surface area contributed by atoms with Crippen LogP contribution in [0.15, 0.2) is 42.5 Å². The van der Waals surface area contributed by atoms with Crippen LogP contribution in [0.1, 0.15) is 5.56 Å². The summed E-state index contributed by atoms with van der Waals surface area (Å²) in [6.07, 6.45) is 0. The number of fused-ring (bicyclic) bond motifs is 1. The zero-order chi connectivity index (χ0) is 20.8. The number of ether oxygens (including phenoxy) is 2. The predicted octanol–water partition coefficient (Wildman–Crippen LogP) is 4.15. The minimum absolute atomic E-state index is 0.533. The lowest BCUT2D eigenvalue weighted by Gasteiger charge is -2.26. The van der Waals surface area contributed by atoms with Crippen LogP contribution in [0.5, 0.6) is 5.75 Å². The molecule has 30 heavy (non-hydrogen) atoms. The van der Waals surface area contributed by atoms with Crippen molar-refractivity contribution in [2.45, 2.75) is 6.54 Å². The summed E-state index contributed by atoms with van der Waals surface area (Å²) < 4.78 is 12.4. The number of thiazole rings is 1. The van der Waals surface area contributed by atoms with Crippen molar-refractivity contribution in [2.24, 2.45) is 0 Å². The van der Waals surface area contributed by atoms with Crippen molar-refractivity contribution in [3.63, 3.8) is 0 Å². The molecule has 0 bridgehead atoms. The molecule has 0 radical (unpaired) electrons. The van der Waals surface area contributed by atoms with Crippen LogP contribution in [-0.2, 0) is 11.3 Å². The molecular weight excluding hydrogens is 440 g/mol. The molecule has 4 rings (SSSR count). The van der Waals surface area contributed by atoms with Crippen LogP contribution in [0.4, 0.5) is 5.13 Å². The first-order valence-electron chi connectivity index (χ1n) is 9.78. The highest BCUT2D eigenvalue weighted by atomic mass is 35.5. The van der Waals surface area contributed by atoms with Gasteiger partial charge in [0.15, 0.2) is 10.2 Å². The minimum Gasteiger partial charge on any atom is -0.492 e. The molecule has 6 nitrogen and oxygen atoms in total. The number of nitrogens with zero attached hydrogens (tertiary/aromatic N) is 2. The first-order chi connectivity index (χ1) is 14.7.